The first kappa shape index (κ1) is 14.4. The summed E-state index contributed by atoms with van der Waals surface area (Å²) in [5.41, 5.74) is 2.67. The summed E-state index contributed by atoms with van der Waals surface area (Å²) in [6, 6.07) is 3.46. The molecular weight excluding hydrogens is 271 g/mol. The number of hydrogen-bond acceptors (Lipinski definition) is 2. The molecule has 0 aliphatic rings. The van der Waals surface area contributed by atoms with Crippen LogP contribution in [-0.2, 0) is 7.05 Å². The molecule has 0 bridgehead atoms. The number of nitrogens with one attached hydrogen (secondary N) is 1. The fourth-order valence-electron chi connectivity index (χ4n) is 1.83. The highest BCUT2D eigenvalue weighted by Crippen LogP contribution is 2.17. The molecule has 2 aromatic heterocycles. The second-order valence-electron chi connectivity index (χ2n) is 4.53. The van der Waals surface area contributed by atoms with E-state index < -0.39 is 25.0 Å². The third kappa shape index (κ3) is 2.76. The van der Waals surface area contributed by atoms with Gasteiger partial charge in [0, 0.05) is 18.9 Å². The van der Waals surface area contributed by atoms with Crippen LogP contribution in [0.2, 0.25) is 0 Å². The van der Waals surface area contributed by atoms with Crippen LogP contribution in [-0.4, -0.2) is 34.6 Å². The van der Waals surface area contributed by atoms with Crippen molar-refractivity contribution < 1.29 is 18.0 Å². The van der Waals surface area contributed by atoms with Crippen LogP contribution in [0.5, 0.6) is 0 Å². The van der Waals surface area contributed by atoms with E-state index in [0.717, 1.165) is 16.7 Å². The van der Waals surface area contributed by atoms with E-state index in [2.05, 4.69) is 10.3 Å². The number of nitrogens with zero attached hydrogens (tertiary/aromatic N) is 2. The van der Waals surface area contributed by atoms with E-state index in [1.807, 2.05) is 24.6 Å². The van der Waals surface area contributed by atoms with Crippen molar-refractivity contribution >= 4 is 16.9 Å². The monoisotopic (exact) mass is 285 g/mol. The standard InChI is InChI=1S/C13H14F3N3O/c1-7-3-10-11(19(7)2)4-8(5-17-10)13(20)18-6-9(14)12(15)16/h3-5,9,12H,6H2,1-2H3,(H,18,20). The Balaban J connectivity index is 2.16. The van der Waals surface area contributed by atoms with Crippen LogP contribution < -0.4 is 5.32 Å². The molecule has 1 N–H and O–H groups in total. The smallest absolute Gasteiger partial charge is 0.271 e. The highest BCUT2D eigenvalue weighted by molar-refractivity contribution is 5.96. The zero-order chi connectivity index (χ0) is 14.9. The summed E-state index contributed by atoms with van der Waals surface area (Å²) in [6.45, 7) is 1.18. The summed E-state index contributed by atoms with van der Waals surface area (Å²) in [6.07, 6.45) is -4.13. The summed E-state index contributed by atoms with van der Waals surface area (Å²) >= 11 is 0. The van der Waals surface area contributed by atoms with Gasteiger partial charge in [0.2, 0.25) is 0 Å². The van der Waals surface area contributed by atoms with Crippen molar-refractivity contribution in [1.82, 2.24) is 14.9 Å². The zero-order valence-electron chi connectivity index (χ0n) is 11.0. The fourth-order valence-corrected chi connectivity index (χ4v) is 1.83. The van der Waals surface area contributed by atoms with Gasteiger partial charge in [0.15, 0.2) is 6.17 Å². The van der Waals surface area contributed by atoms with E-state index in [1.54, 1.807) is 6.07 Å². The summed E-state index contributed by atoms with van der Waals surface area (Å²) < 4.78 is 38.6. The van der Waals surface area contributed by atoms with Gasteiger partial charge in [-0.15, -0.1) is 0 Å². The second-order valence-corrected chi connectivity index (χ2v) is 4.53. The lowest BCUT2D eigenvalue weighted by atomic mass is 10.2. The number of alkyl halides is 3. The van der Waals surface area contributed by atoms with Gasteiger partial charge < -0.3 is 9.88 Å². The summed E-state index contributed by atoms with van der Waals surface area (Å²) in [5.74, 6) is -0.624. The van der Waals surface area contributed by atoms with E-state index >= 15 is 0 Å². The maximum absolute atomic E-state index is 12.7. The van der Waals surface area contributed by atoms with E-state index in [-0.39, 0.29) is 5.56 Å². The number of pyridine rings is 1. The molecule has 4 nitrogen and oxygen atoms in total. The van der Waals surface area contributed by atoms with Gasteiger partial charge in [0.25, 0.3) is 12.3 Å². The molecule has 2 aromatic rings. The minimum Gasteiger partial charge on any atom is -0.349 e. The molecule has 0 saturated carbocycles. The number of fused-ring (bicyclic) bond motifs is 1. The average Bonchev–Trinajstić information content (AvgIpc) is 2.70. The van der Waals surface area contributed by atoms with Gasteiger partial charge in [-0.25, -0.2) is 13.2 Å². The number of halogens is 3. The molecule has 108 valence electrons. The molecule has 0 radical (unpaired) electrons. The van der Waals surface area contributed by atoms with Crippen molar-refractivity contribution in [2.45, 2.75) is 19.5 Å². The van der Waals surface area contributed by atoms with E-state index in [9.17, 15) is 18.0 Å². The third-order valence-electron chi connectivity index (χ3n) is 3.13. The maximum Gasteiger partial charge on any atom is 0.271 e. The SMILES string of the molecule is Cc1cc2ncc(C(=O)NCC(F)C(F)F)cc2n1C. The highest BCUT2D eigenvalue weighted by Gasteiger charge is 2.20. The van der Waals surface area contributed by atoms with Crippen LogP contribution in [0.15, 0.2) is 18.3 Å². The molecule has 1 amide bonds. The molecule has 0 saturated heterocycles. The van der Waals surface area contributed by atoms with Gasteiger partial charge in [0.1, 0.15) is 0 Å². The van der Waals surface area contributed by atoms with Crippen LogP contribution in [0.1, 0.15) is 16.1 Å². The maximum atomic E-state index is 12.7. The quantitative estimate of drug-likeness (QED) is 0.936. The Labute approximate surface area is 113 Å². The van der Waals surface area contributed by atoms with Gasteiger partial charge in [-0.05, 0) is 19.1 Å². The topological polar surface area (TPSA) is 46.9 Å². The van der Waals surface area contributed by atoms with Gasteiger partial charge in [0.05, 0.1) is 23.1 Å². The Kier molecular flexibility index (Phi) is 3.96. The van der Waals surface area contributed by atoms with Crippen molar-refractivity contribution in [3.05, 3.63) is 29.6 Å². The predicted octanol–water partition coefficient (Wildman–Crippen LogP) is 2.21. The van der Waals surface area contributed by atoms with Crippen molar-refractivity contribution in [3.8, 4) is 0 Å². The lowest BCUT2D eigenvalue weighted by molar-refractivity contribution is 0.0488. The molecule has 0 aliphatic carbocycles. The molecule has 0 aromatic carbocycles. The average molecular weight is 285 g/mol. The summed E-state index contributed by atoms with van der Waals surface area (Å²) in [5, 5.41) is 2.13. The Bertz CT molecular complexity index is 639. The van der Waals surface area contributed by atoms with Gasteiger partial charge >= 0.3 is 0 Å². The number of aromatic nitrogens is 2. The van der Waals surface area contributed by atoms with Crippen molar-refractivity contribution in [3.63, 3.8) is 0 Å². The highest BCUT2D eigenvalue weighted by atomic mass is 19.3. The minimum atomic E-state index is -3.11. The molecule has 1 unspecified atom stereocenters. The number of amides is 1. The van der Waals surface area contributed by atoms with Crippen LogP contribution >= 0.6 is 0 Å². The lowest BCUT2D eigenvalue weighted by Crippen LogP contribution is -2.33. The molecule has 7 heteroatoms. The molecule has 2 rings (SSSR count). The van der Waals surface area contributed by atoms with E-state index in [4.69, 9.17) is 0 Å². The third-order valence-corrected chi connectivity index (χ3v) is 3.13. The van der Waals surface area contributed by atoms with Gasteiger partial charge in [-0.1, -0.05) is 0 Å². The number of carbonyl (C=O) groups excluding carboxylic acids is 1. The number of carbonyl (C=O) groups is 1. The van der Waals surface area contributed by atoms with Gasteiger partial charge in [-0.2, -0.15) is 0 Å². The van der Waals surface area contributed by atoms with E-state index in [0.29, 0.717) is 0 Å². The van der Waals surface area contributed by atoms with Crippen molar-refractivity contribution in [2.75, 3.05) is 6.54 Å². The molecular formula is C13H14F3N3O. The zero-order valence-corrected chi connectivity index (χ0v) is 11.0. The van der Waals surface area contributed by atoms with Crippen molar-refractivity contribution in [1.29, 1.82) is 0 Å². The first-order valence-corrected chi connectivity index (χ1v) is 6.02. The van der Waals surface area contributed by atoms with Crippen LogP contribution in [0.3, 0.4) is 0 Å². The molecule has 0 aliphatic heterocycles. The van der Waals surface area contributed by atoms with Crippen LogP contribution in [0.25, 0.3) is 11.0 Å². The normalized spacial score (nSPS) is 12.9. The first-order valence-electron chi connectivity index (χ1n) is 6.02. The molecule has 0 spiro atoms. The van der Waals surface area contributed by atoms with Crippen LogP contribution in [0.4, 0.5) is 13.2 Å². The van der Waals surface area contributed by atoms with E-state index in [1.165, 1.54) is 6.20 Å². The number of aryl methyl sites for hydroxylation is 2. The van der Waals surface area contributed by atoms with Crippen molar-refractivity contribution in [2.24, 2.45) is 7.05 Å². The Morgan fingerprint density at radius 3 is 2.75 bits per heavy atom. The first-order chi connectivity index (χ1) is 9.40. The Hall–Kier alpha value is -2.05. The Morgan fingerprint density at radius 1 is 1.40 bits per heavy atom. The number of rotatable bonds is 4. The largest absolute Gasteiger partial charge is 0.349 e. The summed E-state index contributed by atoms with van der Waals surface area (Å²) in [4.78, 5) is 15.9. The minimum absolute atomic E-state index is 0.208. The second kappa shape index (κ2) is 5.52. The predicted molar refractivity (Wildman–Crippen MR) is 68.7 cm³/mol. The summed E-state index contributed by atoms with van der Waals surface area (Å²) in [7, 11) is 1.83. The lowest BCUT2D eigenvalue weighted by Gasteiger charge is -2.09. The number of hydrogen-bond donors (Lipinski definition) is 1. The fraction of sp³-hybridized carbons (Fsp3) is 0.385. The van der Waals surface area contributed by atoms with Crippen LogP contribution in [0, 0.1) is 6.92 Å². The molecule has 2 heterocycles. The molecule has 0 fully saturated rings. The van der Waals surface area contributed by atoms with Gasteiger partial charge in [-0.3, -0.25) is 9.78 Å². The Morgan fingerprint density at radius 2 is 2.10 bits per heavy atom. The molecule has 1 atom stereocenters. The molecule has 20 heavy (non-hydrogen) atoms.